The van der Waals surface area contributed by atoms with Gasteiger partial charge in [0.05, 0.1) is 5.56 Å². The van der Waals surface area contributed by atoms with Crippen molar-refractivity contribution in [3.63, 3.8) is 0 Å². The second-order valence-electron chi connectivity index (χ2n) is 6.80. The van der Waals surface area contributed by atoms with E-state index in [4.69, 9.17) is 11.6 Å². The Labute approximate surface area is 174 Å². The smallest absolute Gasteiger partial charge is 0.254 e. The number of nitrogens with zero attached hydrogens (tertiary/aromatic N) is 2. The molecule has 28 heavy (non-hydrogen) atoms. The van der Waals surface area contributed by atoms with Gasteiger partial charge in [0.25, 0.3) is 5.91 Å². The Kier molecular flexibility index (Phi) is 7.48. The fourth-order valence-corrected chi connectivity index (χ4v) is 4.09. The van der Waals surface area contributed by atoms with Gasteiger partial charge in [0, 0.05) is 35.8 Å². The number of hydrogen-bond donors (Lipinski definition) is 1. The van der Waals surface area contributed by atoms with Crippen LogP contribution in [-0.2, 0) is 0 Å². The Morgan fingerprint density at radius 2 is 1.93 bits per heavy atom. The highest BCUT2D eigenvalue weighted by Crippen LogP contribution is 2.22. The number of benzene rings is 1. The zero-order valence-electron chi connectivity index (χ0n) is 15.9. The molecule has 7 heteroatoms. The number of pyridine rings is 1. The molecule has 0 unspecified atom stereocenters. The topological polar surface area (TPSA) is 62.3 Å². The molecule has 1 aromatic carbocycles. The zero-order chi connectivity index (χ0) is 19.9. The molecule has 0 aliphatic carbocycles. The predicted molar refractivity (Wildman–Crippen MR) is 113 cm³/mol. The van der Waals surface area contributed by atoms with Gasteiger partial charge >= 0.3 is 0 Å². The van der Waals surface area contributed by atoms with Gasteiger partial charge in [0.2, 0.25) is 0 Å². The van der Waals surface area contributed by atoms with Gasteiger partial charge in [-0.05, 0) is 68.6 Å². The number of nitrogens with one attached hydrogen (secondary N) is 1. The van der Waals surface area contributed by atoms with Crippen LogP contribution in [0.2, 0.25) is 5.02 Å². The maximum absolute atomic E-state index is 12.6. The molecule has 2 aromatic rings. The summed E-state index contributed by atoms with van der Waals surface area (Å²) in [7, 11) is 0. The molecule has 2 heterocycles. The molecule has 0 atom stereocenters. The monoisotopic (exact) mass is 417 g/mol. The average Bonchev–Trinajstić information content (AvgIpc) is 2.74. The molecule has 1 saturated heterocycles. The minimum absolute atomic E-state index is 0.0616. The Balaban J connectivity index is 1.43. The number of likely N-dealkylation sites (tertiary alicyclic amines) is 1. The van der Waals surface area contributed by atoms with Crippen molar-refractivity contribution in [3.8, 4) is 0 Å². The first-order valence-electron chi connectivity index (χ1n) is 9.38. The van der Waals surface area contributed by atoms with Gasteiger partial charge in [0.1, 0.15) is 5.03 Å². The average molecular weight is 418 g/mol. The number of piperidine rings is 1. The van der Waals surface area contributed by atoms with Crippen LogP contribution in [0.15, 0.2) is 47.6 Å². The first kappa shape index (κ1) is 20.8. The molecule has 5 nitrogen and oxygen atoms in total. The normalized spacial score (nSPS) is 15.4. The number of amides is 1. The van der Waals surface area contributed by atoms with Crippen LogP contribution in [0.1, 0.15) is 33.6 Å². The second kappa shape index (κ2) is 10.0. The van der Waals surface area contributed by atoms with Gasteiger partial charge in [-0.1, -0.05) is 11.6 Å². The fraction of sp³-hybridized carbons (Fsp3) is 0.381. The summed E-state index contributed by atoms with van der Waals surface area (Å²) in [5.74, 6) is 0.169. The summed E-state index contributed by atoms with van der Waals surface area (Å²) in [6.07, 6.45) is 5.29. The van der Waals surface area contributed by atoms with E-state index in [1.807, 2.05) is 6.26 Å². The third kappa shape index (κ3) is 5.34. The van der Waals surface area contributed by atoms with E-state index in [0.29, 0.717) is 17.1 Å². The van der Waals surface area contributed by atoms with Crippen molar-refractivity contribution in [1.82, 2.24) is 15.2 Å². The van der Waals surface area contributed by atoms with Crippen LogP contribution in [0.3, 0.4) is 0 Å². The lowest BCUT2D eigenvalue weighted by Gasteiger charge is -2.31. The van der Waals surface area contributed by atoms with E-state index in [9.17, 15) is 9.59 Å². The molecule has 1 aliphatic heterocycles. The quantitative estimate of drug-likeness (QED) is 0.548. The summed E-state index contributed by atoms with van der Waals surface area (Å²) in [6, 6.07) is 10.7. The maximum Gasteiger partial charge on any atom is 0.254 e. The van der Waals surface area contributed by atoms with Crippen molar-refractivity contribution in [1.29, 1.82) is 0 Å². The minimum atomic E-state index is -0.0924. The molecule has 0 spiro atoms. The second-order valence-corrected chi connectivity index (χ2v) is 8.03. The van der Waals surface area contributed by atoms with Gasteiger partial charge < -0.3 is 10.2 Å². The Morgan fingerprint density at radius 3 is 2.61 bits per heavy atom. The molecule has 1 amide bonds. The van der Waals surface area contributed by atoms with E-state index in [1.54, 1.807) is 42.6 Å². The van der Waals surface area contributed by atoms with E-state index in [2.05, 4.69) is 15.2 Å². The SMILES string of the molecule is CSc1ncccc1C(=O)NCCN1CCC(C(=O)c2ccc(Cl)cc2)CC1. The molecule has 1 fully saturated rings. The number of Topliss-reactive ketones (excluding diaryl/α,β-unsaturated/α-hetero) is 1. The van der Waals surface area contributed by atoms with Crippen LogP contribution < -0.4 is 5.32 Å². The van der Waals surface area contributed by atoms with Crippen molar-refractivity contribution in [3.05, 3.63) is 58.7 Å². The first-order valence-corrected chi connectivity index (χ1v) is 11.0. The molecule has 1 aliphatic rings. The molecule has 1 aromatic heterocycles. The van der Waals surface area contributed by atoms with Crippen LogP contribution in [0, 0.1) is 5.92 Å². The summed E-state index contributed by atoms with van der Waals surface area (Å²) in [5, 5.41) is 4.35. The van der Waals surface area contributed by atoms with Crippen molar-refractivity contribution in [2.75, 3.05) is 32.4 Å². The molecular weight excluding hydrogens is 394 g/mol. The maximum atomic E-state index is 12.6. The number of halogens is 1. The zero-order valence-corrected chi connectivity index (χ0v) is 17.4. The Hall–Kier alpha value is -1.89. The van der Waals surface area contributed by atoms with E-state index in [1.165, 1.54) is 11.8 Å². The van der Waals surface area contributed by atoms with Gasteiger partial charge in [-0.3, -0.25) is 9.59 Å². The summed E-state index contributed by atoms with van der Waals surface area (Å²) in [5.41, 5.74) is 1.35. The fourth-order valence-electron chi connectivity index (χ4n) is 3.42. The van der Waals surface area contributed by atoms with Crippen LogP contribution in [0.5, 0.6) is 0 Å². The van der Waals surface area contributed by atoms with Gasteiger partial charge in [-0.25, -0.2) is 4.98 Å². The van der Waals surface area contributed by atoms with Crippen molar-refractivity contribution in [2.45, 2.75) is 17.9 Å². The van der Waals surface area contributed by atoms with Crippen molar-refractivity contribution in [2.24, 2.45) is 5.92 Å². The van der Waals surface area contributed by atoms with Crippen molar-refractivity contribution < 1.29 is 9.59 Å². The molecule has 148 valence electrons. The lowest BCUT2D eigenvalue weighted by Crippen LogP contribution is -2.41. The van der Waals surface area contributed by atoms with Crippen molar-refractivity contribution >= 4 is 35.1 Å². The van der Waals surface area contributed by atoms with Gasteiger partial charge in [-0.15, -0.1) is 11.8 Å². The number of hydrogen-bond acceptors (Lipinski definition) is 5. The Bertz CT molecular complexity index is 821. The number of carbonyl (C=O) groups is 2. The predicted octanol–water partition coefficient (Wildman–Crippen LogP) is 3.78. The summed E-state index contributed by atoms with van der Waals surface area (Å²) in [6.45, 7) is 3.09. The summed E-state index contributed by atoms with van der Waals surface area (Å²) >= 11 is 7.36. The standard InChI is InChI=1S/C21H24ClN3O2S/c1-28-21-18(3-2-10-24-21)20(27)23-11-14-25-12-8-16(9-13-25)19(26)15-4-6-17(22)7-5-15/h2-7,10,16H,8-9,11-14H2,1H3,(H,23,27). The third-order valence-electron chi connectivity index (χ3n) is 5.01. The number of rotatable bonds is 7. The van der Waals surface area contributed by atoms with E-state index in [0.717, 1.165) is 43.1 Å². The highest BCUT2D eigenvalue weighted by molar-refractivity contribution is 7.98. The van der Waals surface area contributed by atoms with Crippen LogP contribution >= 0.6 is 23.4 Å². The third-order valence-corrected chi connectivity index (χ3v) is 5.97. The highest BCUT2D eigenvalue weighted by atomic mass is 35.5. The highest BCUT2D eigenvalue weighted by Gasteiger charge is 2.25. The number of ketones is 1. The van der Waals surface area contributed by atoms with Crippen LogP contribution in [0.4, 0.5) is 0 Å². The number of carbonyl (C=O) groups excluding carboxylic acids is 2. The van der Waals surface area contributed by atoms with E-state index < -0.39 is 0 Å². The summed E-state index contributed by atoms with van der Waals surface area (Å²) < 4.78 is 0. The first-order chi connectivity index (χ1) is 13.6. The lowest BCUT2D eigenvalue weighted by molar-refractivity contribution is 0.0839. The molecule has 3 rings (SSSR count). The lowest BCUT2D eigenvalue weighted by atomic mass is 9.89. The molecular formula is C21H24ClN3O2S. The number of thioether (sulfide) groups is 1. The molecule has 1 N–H and O–H groups in total. The van der Waals surface area contributed by atoms with Gasteiger partial charge in [-0.2, -0.15) is 0 Å². The molecule has 0 radical (unpaired) electrons. The van der Waals surface area contributed by atoms with E-state index in [-0.39, 0.29) is 17.6 Å². The number of aromatic nitrogens is 1. The van der Waals surface area contributed by atoms with Gasteiger partial charge in [0.15, 0.2) is 5.78 Å². The summed E-state index contributed by atoms with van der Waals surface area (Å²) in [4.78, 5) is 31.5. The Morgan fingerprint density at radius 1 is 1.21 bits per heavy atom. The molecule has 0 bridgehead atoms. The van der Waals surface area contributed by atoms with Crippen LogP contribution in [-0.4, -0.2) is 54.0 Å². The van der Waals surface area contributed by atoms with Crippen LogP contribution in [0.25, 0.3) is 0 Å². The largest absolute Gasteiger partial charge is 0.351 e. The van der Waals surface area contributed by atoms with E-state index >= 15 is 0 Å². The minimum Gasteiger partial charge on any atom is -0.351 e. The molecule has 0 saturated carbocycles.